The van der Waals surface area contributed by atoms with Gasteiger partial charge in [-0.2, -0.15) is 0 Å². The molecule has 4 N–H and O–H groups in total. The number of anilines is 1. The first-order chi connectivity index (χ1) is 10.5. The van der Waals surface area contributed by atoms with Crippen LogP contribution in [0.3, 0.4) is 0 Å². The fraction of sp³-hybridized carbons (Fsp3) is 0.235. The van der Waals surface area contributed by atoms with E-state index in [0.717, 1.165) is 11.3 Å². The number of phenolic OH excluding ortho intramolecular Hbond substituents is 1. The van der Waals surface area contributed by atoms with Gasteiger partial charge >= 0.3 is 0 Å². The minimum Gasteiger partial charge on any atom is -0.507 e. The molecule has 4 nitrogen and oxygen atoms in total. The Balaban J connectivity index is 2.03. The van der Waals surface area contributed by atoms with Crippen molar-refractivity contribution in [1.82, 2.24) is 0 Å². The van der Waals surface area contributed by atoms with Crippen molar-refractivity contribution in [2.24, 2.45) is 10.7 Å². The van der Waals surface area contributed by atoms with E-state index in [-0.39, 0.29) is 5.75 Å². The van der Waals surface area contributed by atoms with Crippen molar-refractivity contribution in [2.45, 2.75) is 26.3 Å². The Morgan fingerprint density at radius 3 is 2.73 bits per heavy atom. The predicted molar refractivity (Wildman–Crippen MR) is 95.3 cm³/mol. The summed E-state index contributed by atoms with van der Waals surface area (Å²) in [6.45, 7) is 4.75. The average molecular weight is 362 g/mol. The molecule has 0 unspecified atom stereocenters. The molecule has 0 saturated carbocycles. The Bertz CT molecular complexity index is 683. The third kappa shape index (κ3) is 4.49. The second-order valence-electron chi connectivity index (χ2n) is 5.39. The highest BCUT2D eigenvalue weighted by molar-refractivity contribution is 9.10. The first-order valence-electron chi connectivity index (χ1n) is 7.10. The maximum atomic E-state index is 9.47. The maximum absolute atomic E-state index is 9.47. The number of nitrogens with one attached hydrogen (secondary N) is 1. The molecule has 116 valence electrons. The molecule has 0 aromatic heterocycles. The number of hydrogen-bond donors (Lipinski definition) is 3. The van der Waals surface area contributed by atoms with Gasteiger partial charge in [0.25, 0.3) is 0 Å². The van der Waals surface area contributed by atoms with Crippen molar-refractivity contribution in [1.29, 1.82) is 0 Å². The smallest absolute Gasteiger partial charge is 0.193 e. The lowest BCUT2D eigenvalue weighted by atomic mass is 10.0. The summed E-state index contributed by atoms with van der Waals surface area (Å²) >= 11 is 3.28. The number of halogens is 1. The summed E-state index contributed by atoms with van der Waals surface area (Å²) in [5.41, 5.74) is 9.07. The Labute approximate surface area is 139 Å². The molecule has 0 bridgehead atoms. The number of nitrogens with zero attached hydrogens (tertiary/aromatic N) is 1. The van der Waals surface area contributed by atoms with E-state index >= 15 is 0 Å². The standard InChI is InChI=1S/C17H20BrN3O/c1-11(2)13-4-3-5-14(9-13)21-17(19)20-10-12-6-7-16(22)15(18)8-12/h3-9,11,22H,10H2,1-2H3,(H3,19,20,21). The zero-order chi connectivity index (χ0) is 16.1. The summed E-state index contributed by atoms with van der Waals surface area (Å²) < 4.78 is 0.649. The van der Waals surface area contributed by atoms with Gasteiger partial charge < -0.3 is 16.2 Å². The largest absolute Gasteiger partial charge is 0.507 e. The normalized spacial score (nSPS) is 11.7. The summed E-state index contributed by atoms with van der Waals surface area (Å²) in [5.74, 6) is 1.05. The topological polar surface area (TPSA) is 70.6 Å². The van der Waals surface area contributed by atoms with Crippen LogP contribution in [-0.2, 0) is 6.54 Å². The first-order valence-corrected chi connectivity index (χ1v) is 7.89. The van der Waals surface area contributed by atoms with E-state index in [9.17, 15) is 5.11 Å². The van der Waals surface area contributed by atoms with Gasteiger partial charge in [0.05, 0.1) is 11.0 Å². The van der Waals surface area contributed by atoms with Gasteiger partial charge in [0.15, 0.2) is 5.96 Å². The Hall–Kier alpha value is -2.01. The lowest BCUT2D eigenvalue weighted by Gasteiger charge is -2.10. The lowest BCUT2D eigenvalue weighted by Crippen LogP contribution is -2.22. The van der Waals surface area contributed by atoms with E-state index in [0.29, 0.717) is 22.9 Å². The summed E-state index contributed by atoms with van der Waals surface area (Å²) in [5, 5.41) is 12.6. The molecule has 0 heterocycles. The number of phenols is 1. The lowest BCUT2D eigenvalue weighted by molar-refractivity contribution is 0.471. The van der Waals surface area contributed by atoms with Crippen LogP contribution in [0.15, 0.2) is 51.9 Å². The Kier molecular flexibility index (Phi) is 5.44. The van der Waals surface area contributed by atoms with Crippen LogP contribution in [0.4, 0.5) is 5.69 Å². The molecule has 0 amide bonds. The van der Waals surface area contributed by atoms with Gasteiger partial charge in [0, 0.05) is 5.69 Å². The highest BCUT2D eigenvalue weighted by Crippen LogP contribution is 2.24. The third-order valence-electron chi connectivity index (χ3n) is 3.27. The number of aromatic hydroxyl groups is 1. The molecular formula is C17H20BrN3O. The number of hydrogen-bond acceptors (Lipinski definition) is 2. The Morgan fingerprint density at radius 2 is 2.05 bits per heavy atom. The van der Waals surface area contributed by atoms with E-state index < -0.39 is 0 Å². The van der Waals surface area contributed by atoms with Crippen LogP contribution in [0.5, 0.6) is 5.75 Å². The van der Waals surface area contributed by atoms with Crippen molar-refractivity contribution in [3.05, 3.63) is 58.1 Å². The van der Waals surface area contributed by atoms with E-state index in [2.05, 4.69) is 52.2 Å². The highest BCUT2D eigenvalue weighted by atomic mass is 79.9. The average Bonchev–Trinajstić information content (AvgIpc) is 2.49. The van der Waals surface area contributed by atoms with Crippen LogP contribution in [0, 0.1) is 0 Å². The van der Waals surface area contributed by atoms with Crippen molar-refractivity contribution in [3.8, 4) is 5.75 Å². The minimum atomic E-state index is 0.212. The molecule has 5 heteroatoms. The van der Waals surface area contributed by atoms with Crippen LogP contribution in [0.1, 0.15) is 30.9 Å². The molecule has 0 spiro atoms. The fourth-order valence-corrected chi connectivity index (χ4v) is 2.41. The molecule has 0 aliphatic rings. The van der Waals surface area contributed by atoms with Crippen LogP contribution in [0.2, 0.25) is 0 Å². The number of rotatable bonds is 4. The van der Waals surface area contributed by atoms with Gasteiger partial charge in [-0.15, -0.1) is 0 Å². The fourth-order valence-electron chi connectivity index (χ4n) is 1.99. The van der Waals surface area contributed by atoms with Crippen LogP contribution >= 0.6 is 15.9 Å². The highest BCUT2D eigenvalue weighted by Gasteiger charge is 2.02. The molecular weight excluding hydrogens is 342 g/mol. The monoisotopic (exact) mass is 361 g/mol. The molecule has 0 radical (unpaired) electrons. The minimum absolute atomic E-state index is 0.212. The van der Waals surface area contributed by atoms with Gasteiger partial charge in [-0.3, -0.25) is 0 Å². The number of benzene rings is 2. The molecule has 22 heavy (non-hydrogen) atoms. The summed E-state index contributed by atoms with van der Waals surface area (Å²) in [6.07, 6.45) is 0. The van der Waals surface area contributed by atoms with Gasteiger partial charge in [-0.1, -0.05) is 32.0 Å². The molecule has 0 saturated heterocycles. The van der Waals surface area contributed by atoms with E-state index in [4.69, 9.17) is 5.73 Å². The molecule has 0 aliphatic heterocycles. The second kappa shape index (κ2) is 7.31. The maximum Gasteiger partial charge on any atom is 0.193 e. The number of nitrogens with two attached hydrogens (primary N) is 1. The second-order valence-corrected chi connectivity index (χ2v) is 6.25. The quantitative estimate of drug-likeness (QED) is 0.564. The zero-order valence-electron chi connectivity index (χ0n) is 12.7. The van der Waals surface area contributed by atoms with Gasteiger partial charge in [-0.25, -0.2) is 4.99 Å². The van der Waals surface area contributed by atoms with Gasteiger partial charge in [0.2, 0.25) is 0 Å². The molecule has 2 aromatic rings. The summed E-state index contributed by atoms with van der Waals surface area (Å²) in [4.78, 5) is 4.32. The van der Waals surface area contributed by atoms with Crippen molar-refractivity contribution in [2.75, 3.05) is 5.32 Å². The Morgan fingerprint density at radius 1 is 1.27 bits per heavy atom. The van der Waals surface area contributed by atoms with E-state index in [1.54, 1.807) is 6.07 Å². The van der Waals surface area contributed by atoms with Crippen LogP contribution in [0.25, 0.3) is 0 Å². The van der Waals surface area contributed by atoms with Crippen molar-refractivity contribution >= 4 is 27.6 Å². The molecule has 0 atom stereocenters. The van der Waals surface area contributed by atoms with Crippen LogP contribution < -0.4 is 11.1 Å². The molecule has 2 rings (SSSR count). The molecule has 2 aromatic carbocycles. The number of aliphatic imine (C=N–C) groups is 1. The first kappa shape index (κ1) is 16.4. The third-order valence-corrected chi connectivity index (χ3v) is 3.90. The molecule has 0 fully saturated rings. The van der Waals surface area contributed by atoms with E-state index in [1.807, 2.05) is 24.3 Å². The summed E-state index contributed by atoms with van der Waals surface area (Å²) in [7, 11) is 0. The van der Waals surface area contributed by atoms with Gasteiger partial charge in [0.1, 0.15) is 5.75 Å². The predicted octanol–water partition coefficient (Wildman–Crippen LogP) is 4.20. The summed E-state index contributed by atoms with van der Waals surface area (Å²) in [6, 6.07) is 13.4. The number of guanidine groups is 1. The van der Waals surface area contributed by atoms with Crippen molar-refractivity contribution < 1.29 is 5.11 Å². The zero-order valence-corrected chi connectivity index (χ0v) is 14.3. The van der Waals surface area contributed by atoms with Crippen molar-refractivity contribution in [3.63, 3.8) is 0 Å². The van der Waals surface area contributed by atoms with Crippen LogP contribution in [-0.4, -0.2) is 11.1 Å². The SMILES string of the molecule is CC(C)c1cccc(NC(N)=NCc2ccc(O)c(Br)c2)c1. The van der Waals surface area contributed by atoms with Gasteiger partial charge in [-0.05, 0) is 57.2 Å². The molecule has 0 aliphatic carbocycles. The van der Waals surface area contributed by atoms with E-state index in [1.165, 1.54) is 5.56 Å².